The Hall–Kier alpha value is -5.15. The van der Waals surface area contributed by atoms with Gasteiger partial charge in [-0.2, -0.15) is 0 Å². The van der Waals surface area contributed by atoms with Gasteiger partial charge in [0.05, 0.1) is 17.1 Å². The van der Waals surface area contributed by atoms with Crippen LogP contribution in [0.15, 0.2) is 128 Å². The SMILES string of the molecule is Cc1ccc2cc(-c3cc(-c4ccc(-c5ccccn5)cc4)nc(-c4ccc5cc(C)ccc5c4)n3)ccc2c1. The molecule has 3 heteroatoms. The maximum atomic E-state index is 5.09. The van der Waals surface area contributed by atoms with Gasteiger partial charge < -0.3 is 0 Å². The average Bonchev–Trinajstić information content (AvgIpc) is 3.01. The minimum absolute atomic E-state index is 0.716. The Morgan fingerprint density at radius 3 is 1.52 bits per heavy atom. The molecule has 0 aliphatic carbocycles. The summed E-state index contributed by atoms with van der Waals surface area (Å²) in [6.07, 6.45) is 1.82. The predicted molar refractivity (Wildman–Crippen MR) is 166 cm³/mol. The lowest BCUT2D eigenvalue weighted by atomic mass is 10.0. The van der Waals surface area contributed by atoms with Crippen molar-refractivity contribution >= 4 is 21.5 Å². The largest absolute Gasteiger partial charge is 0.256 e. The summed E-state index contributed by atoms with van der Waals surface area (Å²) >= 11 is 0. The topological polar surface area (TPSA) is 38.7 Å². The number of nitrogens with zero attached hydrogens (tertiary/aromatic N) is 3. The number of benzene rings is 5. The van der Waals surface area contributed by atoms with Gasteiger partial charge in [0.1, 0.15) is 0 Å². The zero-order valence-electron chi connectivity index (χ0n) is 22.5. The van der Waals surface area contributed by atoms with Crippen molar-refractivity contribution in [2.45, 2.75) is 13.8 Å². The van der Waals surface area contributed by atoms with Crippen molar-refractivity contribution < 1.29 is 0 Å². The Labute approximate surface area is 233 Å². The third kappa shape index (κ3) is 4.63. The van der Waals surface area contributed by atoms with E-state index < -0.39 is 0 Å². The first kappa shape index (κ1) is 23.9. The van der Waals surface area contributed by atoms with Gasteiger partial charge in [0.15, 0.2) is 5.82 Å². The zero-order valence-corrected chi connectivity index (χ0v) is 22.5. The number of hydrogen-bond donors (Lipinski definition) is 0. The van der Waals surface area contributed by atoms with E-state index in [0.29, 0.717) is 5.82 Å². The highest BCUT2D eigenvalue weighted by molar-refractivity contribution is 5.89. The lowest BCUT2D eigenvalue weighted by Gasteiger charge is -2.11. The minimum atomic E-state index is 0.716. The lowest BCUT2D eigenvalue weighted by molar-refractivity contribution is 1.18. The summed E-state index contributed by atoms with van der Waals surface area (Å²) in [4.78, 5) is 14.7. The zero-order chi connectivity index (χ0) is 27.1. The molecule has 0 atom stereocenters. The molecule has 3 nitrogen and oxygen atoms in total. The number of fused-ring (bicyclic) bond motifs is 2. The molecule has 190 valence electrons. The standard InChI is InChI=1S/C37H27N3/c1-24-6-8-30-21-32(16-14-28(30)19-24)36-23-35(27-12-10-26(11-13-27)34-5-3-4-18-38-34)39-37(40-36)33-17-15-29-20-25(2)7-9-31(29)22-33/h3-23H,1-2H3. The third-order valence-corrected chi connectivity index (χ3v) is 7.41. The van der Waals surface area contributed by atoms with Crippen molar-refractivity contribution in [1.29, 1.82) is 0 Å². The summed E-state index contributed by atoms with van der Waals surface area (Å²) in [5.74, 6) is 0.716. The van der Waals surface area contributed by atoms with Crippen molar-refractivity contribution in [2.75, 3.05) is 0 Å². The van der Waals surface area contributed by atoms with E-state index in [0.717, 1.165) is 39.3 Å². The molecule has 0 bridgehead atoms. The van der Waals surface area contributed by atoms with Crippen LogP contribution < -0.4 is 0 Å². The van der Waals surface area contributed by atoms with Crippen molar-refractivity contribution in [1.82, 2.24) is 15.0 Å². The summed E-state index contributed by atoms with van der Waals surface area (Å²) in [7, 11) is 0. The van der Waals surface area contributed by atoms with Crippen molar-refractivity contribution in [2.24, 2.45) is 0 Å². The maximum absolute atomic E-state index is 5.09. The van der Waals surface area contributed by atoms with Gasteiger partial charge in [-0.3, -0.25) is 4.98 Å². The first-order valence-corrected chi connectivity index (χ1v) is 13.5. The summed E-state index contributed by atoms with van der Waals surface area (Å²) in [6.45, 7) is 4.25. The highest BCUT2D eigenvalue weighted by Gasteiger charge is 2.12. The molecule has 0 saturated carbocycles. The van der Waals surface area contributed by atoms with Crippen LogP contribution in [0.4, 0.5) is 0 Å². The van der Waals surface area contributed by atoms with E-state index in [-0.39, 0.29) is 0 Å². The van der Waals surface area contributed by atoms with Crippen LogP contribution in [-0.2, 0) is 0 Å². The molecule has 0 unspecified atom stereocenters. The molecule has 2 heterocycles. The second-order valence-electron chi connectivity index (χ2n) is 10.4. The Kier molecular flexibility index (Phi) is 5.90. The highest BCUT2D eigenvalue weighted by atomic mass is 14.9. The second-order valence-corrected chi connectivity index (χ2v) is 10.4. The summed E-state index contributed by atoms with van der Waals surface area (Å²) in [5, 5.41) is 4.83. The van der Waals surface area contributed by atoms with Crippen molar-refractivity contribution in [3.8, 4) is 45.2 Å². The molecular formula is C37H27N3. The fourth-order valence-electron chi connectivity index (χ4n) is 5.25. The molecule has 0 aliphatic heterocycles. The van der Waals surface area contributed by atoms with Crippen LogP contribution in [0.25, 0.3) is 66.7 Å². The molecule has 0 saturated heterocycles. The first-order chi connectivity index (χ1) is 19.6. The molecule has 0 aliphatic rings. The van der Waals surface area contributed by atoms with Gasteiger partial charge in [-0.05, 0) is 65.7 Å². The number of hydrogen-bond acceptors (Lipinski definition) is 3. The number of rotatable bonds is 4. The number of aromatic nitrogens is 3. The molecular weight excluding hydrogens is 486 g/mol. The van der Waals surface area contributed by atoms with Gasteiger partial charge in [-0.25, -0.2) is 9.97 Å². The van der Waals surface area contributed by atoms with Gasteiger partial charge in [0.25, 0.3) is 0 Å². The van der Waals surface area contributed by atoms with E-state index in [4.69, 9.17) is 9.97 Å². The van der Waals surface area contributed by atoms with E-state index in [9.17, 15) is 0 Å². The van der Waals surface area contributed by atoms with Crippen molar-refractivity contribution in [3.05, 3.63) is 139 Å². The van der Waals surface area contributed by atoms with E-state index in [1.54, 1.807) is 0 Å². The van der Waals surface area contributed by atoms with Crippen LogP contribution >= 0.6 is 0 Å². The summed E-state index contributed by atoms with van der Waals surface area (Å²) in [6, 6.07) is 42.6. The molecule has 7 aromatic rings. The van der Waals surface area contributed by atoms with Gasteiger partial charge in [-0.1, -0.05) is 102 Å². The number of pyridine rings is 1. The molecule has 40 heavy (non-hydrogen) atoms. The number of aryl methyl sites for hydroxylation is 2. The van der Waals surface area contributed by atoms with Crippen LogP contribution in [0.1, 0.15) is 11.1 Å². The quantitative estimate of drug-likeness (QED) is 0.235. The van der Waals surface area contributed by atoms with E-state index in [2.05, 4.69) is 122 Å². The fourth-order valence-corrected chi connectivity index (χ4v) is 5.25. The molecule has 0 radical (unpaired) electrons. The van der Waals surface area contributed by atoms with Crippen LogP contribution in [-0.4, -0.2) is 15.0 Å². The Bertz CT molecular complexity index is 1910. The van der Waals surface area contributed by atoms with E-state index in [1.807, 2.05) is 24.4 Å². The van der Waals surface area contributed by atoms with E-state index >= 15 is 0 Å². The average molecular weight is 514 g/mol. The second kappa shape index (κ2) is 9.87. The van der Waals surface area contributed by atoms with Gasteiger partial charge in [0.2, 0.25) is 0 Å². The molecule has 0 fully saturated rings. The Balaban J connectivity index is 1.37. The maximum Gasteiger partial charge on any atom is 0.160 e. The third-order valence-electron chi connectivity index (χ3n) is 7.41. The van der Waals surface area contributed by atoms with E-state index in [1.165, 1.54) is 32.7 Å². The van der Waals surface area contributed by atoms with Gasteiger partial charge in [0, 0.05) is 28.5 Å². The predicted octanol–water partition coefficient (Wildman–Crippen LogP) is 9.46. The fraction of sp³-hybridized carbons (Fsp3) is 0.0541. The Morgan fingerprint density at radius 2 is 0.900 bits per heavy atom. The van der Waals surface area contributed by atoms with Crippen LogP contribution in [0.3, 0.4) is 0 Å². The highest BCUT2D eigenvalue weighted by Crippen LogP contribution is 2.31. The van der Waals surface area contributed by atoms with Crippen LogP contribution in [0.2, 0.25) is 0 Å². The summed E-state index contributed by atoms with van der Waals surface area (Å²) < 4.78 is 0. The monoisotopic (exact) mass is 513 g/mol. The summed E-state index contributed by atoms with van der Waals surface area (Å²) in [5.41, 5.74) is 9.44. The molecule has 2 aromatic heterocycles. The van der Waals surface area contributed by atoms with Crippen LogP contribution in [0, 0.1) is 13.8 Å². The molecule has 0 amide bonds. The van der Waals surface area contributed by atoms with Gasteiger partial charge in [-0.15, -0.1) is 0 Å². The molecule has 0 spiro atoms. The normalized spacial score (nSPS) is 11.2. The smallest absolute Gasteiger partial charge is 0.160 e. The first-order valence-electron chi connectivity index (χ1n) is 13.5. The van der Waals surface area contributed by atoms with Gasteiger partial charge >= 0.3 is 0 Å². The minimum Gasteiger partial charge on any atom is -0.256 e. The molecule has 5 aromatic carbocycles. The molecule has 7 rings (SSSR count). The van der Waals surface area contributed by atoms with Crippen molar-refractivity contribution in [3.63, 3.8) is 0 Å². The Morgan fingerprint density at radius 1 is 0.400 bits per heavy atom. The molecule has 0 N–H and O–H groups in total. The lowest BCUT2D eigenvalue weighted by Crippen LogP contribution is -1.96. The van der Waals surface area contributed by atoms with Crippen LogP contribution in [0.5, 0.6) is 0 Å².